The first-order chi connectivity index (χ1) is 18.5. The van der Waals surface area contributed by atoms with Crippen molar-refractivity contribution in [2.75, 3.05) is 26.8 Å². The second-order valence-electron chi connectivity index (χ2n) is 9.25. The Morgan fingerprint density at radius 3 is 2.68 bits per heavy atom. The molecular formula is C30H30N2O5S. The van der Waals surface area contributed by atoms with Gasteiger partial charge in [0.1, 0.15) is 30.4 Å². The van der Waals surface area contributed by atoms with Crippen molar-refractivity contribution in [3.63, 3.8) is 0 Å². The van der Waals surface area contributed by atoms with Crippen LogP contribution in [0.3, 0.4) is 0 Å². The first kappa shape index (κ1) is 25.6. The van der Waals surface area contributed by atoms with Gasteiger partial charge in [-0.3, -0.25) is 9.59 Å². The summed E-state index contributed by atoms with van der Waals surface area (Å²) < 4.78 is 17.0. The summed E-state index contributed by atoms with van der Waals surface area (Å²) in [5, 5.41) is 2.06. The zero-order chi connectivity index (χ0) is 26.5. The second-order valence-corrected chi connectivity index (χ2v) is 10.2. The monoisotopic (exact) mass is 530 g/mol. The molecule has 4 aromatic rings. The van der Waals surface area contributed by atoms with Crippen LogP contribution in [-0.4, -0.2) is 48.4 Å². The van der Waals surface area contributed by atoms with Crippen LogP contribution in [0.25, 0.3) is 0 Å². The summed E-state index contributed by atoms with van der Waals surface area (Å²) in [4.78, 5) is 32.0. The molecule has 2 aromatic carbocycles. The van der Waals surface area contributed by atoms with Crippen LogP contribution in [0.5, 0.6) is 11.5 Å². The molecule has 0 fully saturated rings. The molecule has 1 unspecified atom stereocenters. The summed E-state index contributed by atoms with van der Waals surface area (Å²) in [6.07, 6.45) is 2.34. The number of methoxy groups -OCH3 is 1. The molecule has 1 aliphatic heterocycles. The van der Waals surface area contributed by atoms with Gasteiger partial charge in [0.2, 0.25) is 5.91 Å². The lowest BCUT2D eigenvalue weighted by atomic mass is 10.0. The van der Waals surface area contributed by atoms with Crippen molar-refractivity contribution in [2.24, 2.45) is 0 Å². The van der Waals surface area contributed by atoms with Gasteiger partial charge >= 0.3 is 0 Å². The van der Waals surface area contributed by atoms with Gasteiger partial charge in [-0.15, -0.1) is 11.3 Å². The second kappa shape index (κ2) is 11.6. The summed E-state index contributed by atoms with van der Waals surface area (Å²) in [5.74, 6) is 1.54. The molecule has 38 heavy (non-hydrogen) atoms. The van der Waals surface area contributed by atoms with Crippen LogP contribution in [0, 0.1) is 6.92 Å². The van der Waals surface area contributed by atoms with Gasteiger partial charge in [0.15, 0.2) is 0 Å². The maximum atomic E-state index is 13.8. The van der Waals surface area contributed by atoms with E-state index in [0.29, 0.717) is 30.2 Å². The van der Waals surface area contributed by atoms with Gasteiger partial charge < -0.3 is 23.7 Å². The van der Waals surface area contributed by atoms with E-state index in [1.54, 1.807) is 61.1 Å². The Bertz CT molecular complexity index is 1380. The van der Waals surface area contributed by atoms with Gasteiger partial charge in [0.25, 0.3) is 5.91 Å². The number of hydrogen-bond donors (Lipinski definition) is 0. The molecular weight excluding hydrogens is 500 g/mol. The first-order valence-electron chi connectivity index (χ1n) is 12.5. The summed E-state index contributed by atoms with van der Waals surface area (Å²) in [6.45, 7) is 3.02. The van der Waals surface area contributed by atoms with Gasteiger partial charge in [-0.25, -0.2) is 0 Å². The zero-order valence-corrected chi connectivity index (χ0v) is 22.3. The normalized spacial score (nSPS) is 14.6. The van der Waals surface area contributed by atoms with E-state index in [1.165, 1.54) is 9.78 Å². The minimum absolute atomic E-state index is 0.0861. The molecule has 7 nitrogen and oxygen atoms in total. The molecule has 0 saturated heterocycles. The Kier molecular flexibility index (Phi) is 7.79. The Balaban J connectivity index is 1.37. The third kappa shape index (κ3) is 5.75. The lowest BCUT2D eigenvalue weighted by Crippen LogP contribution is -2.47. The van der Waals surface area contributed by atoms with E-state index in [-0.39, 0.29) is 30.9 Å². The number of nitrogens with zero attached hydrogens (tertiary/aromatic N) is 2. The van der Waals surface area contributed by atoms with E-state index in [2.05, 4.69) is 11.4 Å². The summed E-state index contributed by atoms with van der Waals surface area (Å²) in [7, 11) is 1.56. The Morgan fingerprint density at radius 2 is 1.92 bits per heavy atom. The maximum Gasteiger partial charge on any atom is 0.254 e. The van der Waals surface area contributed by atoms with Crippen molar-refractivity contribution in [2.45, 2.75) is 25.9 Å². The molecule has 2 amide bonds. The molecule has 1 aliphatic rings. The number of benzene rings is 2. The summed E-state index contributed by atoms with van der Waals surface area (Å²) in [6, 6.07) is 20.2. The summed E-state index contributed by atoms with van der Waals surface area (Å²) >= 11 is 1.71. The Hall–Kier alpha value is -4.04. The Labute approximate surface area is 226 Å². The number of thiophene rings is 1. The third-order valence-electron chi connectivity index (χ3n) is 6.70. The average Bonchev–Trinajstić information content (AvgIpc) is 3.64. The minimum atomic E-state index is -0.269. The number of carbonyl (C=O) groups excluding carboxylic acids is 2. The molecule has 3 heterocycles. The van der Waals surface area contributed by atoms with Crippen LogP contribution in [0.4, 0.5) is 0 Å². The number of fused-ring (bicyclic) bond motifs is 1. The molecule has 1 atom stereocenters. The van der Waals surface area contributed by atoms with Crippen LogP contribution in [-0.2, 0) is 17.8 Å². The predicted molar refractivity (Wildman–Crippen MR) is 146 cm³/mol. The molecule has 8 heteroatoms. The number of aryl methyl sites for hydroxylation is 1. The Morgan fingerprint density at radius 1 is 1.08 bits per heavy atom. The molecule has 0 N–H and O–H groups in total. The highest BCUT2D eigenvalue weighted by atomic mass is 32.1. The molecule has 5 rings (SSSR count). The molecule has 0 saturated carbocycles. The predicted octanol–water partition coefficient (Wildman–Crippen LogP) is 5.51. The first-order valence-corrected chi connectivity index (χ1v) is 13.4. The number of ether oxygens (including phenoxy) is 2. The average molecular weight is 531 g/mol. The quantitative estimate of drug-likeness (QED) is 0.286. The van der Waals surface area contributed by atoms with Crippen molar-refractivity contribution >= 4 is 23.2 Å². The van der Waals surface area contributed by atoms with Crippen LogP contribution < -0.4 is 9.47 Å². The molecule has 0 bridgehead atoms. The molecule has 0 radical (unpaired) electrons. The van der Waals surface area contributed by atoms with E-state index in [9.17, 15) is 9.59 Å². The number of hydrogen-bond acceptors (Lipinski definition) is 6. The highest BCUT2D eigenvalue weighted by Crippen LogP contribution is 2.34. The number of rotatable bonds is 9. The van der Waals surface area contributed by atoms with E-state index < -0.39 is 0 Å². The largest absolute Gasteiger partial charge is 0.497 e. The highest BCUT2D eigenvalue weighted by Gasteiger charge is 2.34. The standard InChI is InChI=1S/C30H30N2O5S/c1-21-8-10-23(11-9-21)37-20-27-26-13-16-38-28(26)12-14-32(27)29(33)19-31(18-25-7-4-15-36-25)30(34)22-5-3-6-24(17-22)35-2/h3-11,13,15-17,27H,12,14,18-20H2,1-2H3. The SMILES string of the molecule is COc1cccc(C(=O)N(CC(=O)N2CCc3sccc3C2COc2ccc(C)cc2)Cc2ccco2)c1. The topological polar surface area (TPSA) is 72.2 Å². The van der Waals surface area contributed by atoms with E-state index in [0.717, 1.165) is 23.3 Å². The molecule has 0 aliphatic carbocycles. The van der Waals surface area contributed by atoms with Gasteiger partial charge in [-0.2, -0.15) is 0 Å². The van der Waals surface area contributed by atoms with Gasteiger partial charge in [-0.05, 0) is 72.8 Å². The zero-order valence-electron chi connectivity index (χ0n) is 21.5. The molecule has 0 spiro atoms. The van der Waals surface area contributed by atoms with Crippen molar-refractivity contribution in [3.05, 3.63) is 106 Å². The smallest absolute Gasteiger partial charge is 0.254 e. The molecule has 2 aromatic heterocycles. The van der Waals surface area contributed by atoms with Crippen LogP contribution >= 0.6 is 11.3 Å². The van der Waals surface area contributed by atoms with Crippen LogP contribution in [0.1, 0.15) is 38.2 Å². The fourth-order valence-electron chi connectivity index (χ4n) is 4.67. The van der Waals surface area contributed by atoms with Crippen LogP contribution in [0.15, 0.2) is 82.8 Å². The van der Waals surface area contributed by atoms with Gasteiger partial charge in [0, 0.05) is 17.0 Å². The van der Waals surface area contributed by atoms with E-state index in [4.69, 9.17) is 13.9 Å². The fraction of sp³-hybridized carbons (Fsp3) is 0.267. The lowest BCUT2D eigenvalue weighted by Gasteiger charge is -2.37. The summed E-state index contributed by atoms with van der Waals surface area (Å²) in [5.41, 5.74) is 2.71. The van der Waals surface area contributed by atoms with Gasteiger partial charge in [-0.1, -0.05) is 23.8 Å². The minimum Gasteiger partial charge on any atom is -0.497 e. The lowest BCUT2D eigenvalue weighted by molar-refractivity contribution is -0.135. The number of furan rings is 1. The number of carbonyl (C=O) groups is 2. The van der Waals surface area contributed by atoms with E-state index >= 15 is 0 Å². The van der Waals surface area contributed by atoms with Crippen molar-refractivity contribution in [3.8, 4) is 11.5 Å². The number of amides is 2. The van der Waals surface area contributed by atoms with Crippen LogP contribution in [0.2, 0.25) is 0 Å². The maximum absolute atomic E-state index is 13.8. The fourth-order valence-corrected chi connectivity index (χ4v) is 5.60. The highest BCUT2D eigenvalue weighted by molar-refractivity contribution is 7.10. The van der Waals surface area contributed by atoms with Gasteiger partial charge in [0.05, 0.1) is 26.0 Å². The third-order valence-corrected chi connectivity index (χ3v) is 7.70. The molecule has 196 valence electrons. The van der Waals surface area contributed by atoms with E-state index in [1.807, 2.05) is 36.1 Å². The van der Waals surface area contributed by atoms with Crippen molar-refractivity contribution in [1.29, 1.82) is 0 Å². The van der Waals surface area contributed by atoms with Crippen molar-refractivity contribution in [1.82, 2.24) is 9.80 Å². The van der Waals surface area contributed by atoms with Crippen molar-refractivity contribution < 1.29 is 23.5 Å².